The molecule has 0 aliphatic heterocycles. The lowest BCUT2D eigenvalue weighted by atomic mass is 10.0. The second kappa shape index (κ2) is 12.0. The number of amides is 1. The van der Waals surface area contributed by atoms with Gasteiger partial charge >= 0.3 is 0 Å². The standard InChI is InChI=1S/C27H30N2O3S/c1-19(2)15-16-32-24-14-9-20(17-25(24)31-3)18-28-27(33)29-26(30)23-12-10-22(11-13-23)21-7-5-4-6-8-21/h4-14,17,19H,15-16,18H2,1-3H3,(H2,28,29,30,33). The average Bonchev–Trinajstić information content (AvgIpc) is 2.83. The SMILES string of the molecule is COc1cc(CNC(=S)NC(=O)c2ccc(-c3ccccc3)cc2)ccc1OCCC(C)C. The quantitative estimate of drug-likeness (QED) is 0.406. The van der Waals surface area contributed by atoms with Crippen LogP contribution < -0.4 is 20.1 Å². The summed E-state index contributed by atoms with van der Waals surface area (Å²) in [5.74, 6) is 1.72. The molecule has 0 unspecified atom stereocenters. The molecule has 0 aliphatic carbocycles. The Bertz CT molecular complexity index is 1070. The molecule has 0 fully saturated rings. The number of thiocarbonyl (C=S) groups is 1. The van der Waals surface area contributed by atoms with E-state index in [9.17, 15) is 4.79 Å². The Labute approximate surface area is 201 Å². The lowest BCUT2D eigenvalue weighted by Crippen LogP contribution is -2.38. The minimum Gasteiger partial charge on any atom is -0.493 e. The molecule has 0 bridgehead atoms. The molecule has 3 aromatic carbocycles. The van der Waals surface area contributed by atoms with Crippen LogP contribution in [0, 0.1) is 5.92 Å². The first-order chi connectivity index (χ1) is 16.0. The molecule has 6 heteroatoms. The first-order valence-electron chi connectivity index (χ1n) is 11.0. The van der Waals surface area contributed by atoms with Gasteiger partial charge < -0.3 is 14.8 Å². The van der Waals surface area contributed by atoms with E-state index in [4.69, 9.17) is 21.7 Å². The van der Waals surface area contributed by atoms with Crippen LogP contribution in [0.25, 0.3) is 11.1 Å². The normalized spacial score (nSPS) is 10.5. The fourth-order valence-corrected chi connectivity index (χ4v) is 3.36. The van der Waals surface area contributed by atoms with Gasteiger partial charge in [-0.05, 0) is 65.5 Å². The van der Waals surface area contributed by atoms with Gasteiger partial charge in [0.15, 0.2) is 16.6 Å². The lowest BCUT2D eigenvalue weighted by Gasteiger charge is -2.14. The van der Waals surface area contributed by atoms with Crippen LogP contribution in [0.5, 0.6) is 11.5 Å². The fourth-order valence-electron chi connectivity index (χ4n) is 3.19. The van der Waals surface area contributed by atoms with E-state index >= 15 is 0 Å². The lowest BCUT2D eigenvalue weighted by molar-refractivity contribution is 0.0976. The summed E-state index contributed by atoms with van der Waals surface area (Å²) in [5, 5.41) is 6.07. The van der Waals surface area contributed by atoms with Gasteiger partial charge in [-0.25, -0.2) is 0 Å². The zero-order chi connectivity index (χ0) is 23.6. The molecule has 1 amide bonds. The van der Waals surface area contributed by atoms with Crippen LogP contribution in [-0.4, -0.2) is 24.7 Å². The fraction of sp³-hybridized carbons (Fsp3) is 0.259. The van der Waals surface area contributed by atoms with Crippen LogP contribution in [0.2, 0.25) is 0 Å². The molecule has 0 aliphatic rings. The zero-order valence-corrected chi connectivity index (χ0v) is 20.1. The molecule has 0 aromatic heterocycles. The van der Waals surface area contributed by atoms with Gasteiger partial charge in [-0.15, -0.1) is 0 Å². The van der Waals surface area contributed by atoms with Gasteiger partial charge in [-0.1, -0.05) is 62.4 Å². The monoisotopic (exact) mass is 462 g/mol. The van der Waals surface area contributed by atoms with E-state index in [2.05, 4.69) is 24.5 Å². The number of hydrogen-bond acceptors (Lipinski definition) is 4. The van der Waals surface area contributed by atoms with Crippen molar-refractivity contribution in [1.82, 2.24) is 10.6 Å². The Balaban J connectivity index is 1.52. The number of hydrogen-bond donors (Lipinski definition) is 2. The van der Waals surface area contributed by atoms with Crippen molar-refractivity contribution >= 4 is 23.2 Å². The molecule has 33 heavy (non-hydrogen) atoms. The summed E-state index contributed by atoms with van der Waals surface area (Å²) in [6.45, 7) is 5.43. The Morgan fingerprint density at radius 3 is 2.30 bits per heavy atom. The molecular weight excluding hydrogens is 432 g/mol. The van der Waals surface area contributed by atoms with E-state index in [-0.39, 0.29) is 11.0 Å². The van der Waals surface area contributed by atoms with E-state index in [0.717, 1.165) is 28.9 Å². The van der Waals surface area contributed by atoms with Crippen molar-refractivity contribution in [1.29, 1.82) is 0 Å². The molecular formula is C27H30N2O3S. The van der Waals surface area contributed by atoms with E-state index < -0.39 is 0 Å². The van der Waals surface area contributed by atoms with Gasteiger partial charge in [0.05, 0.1) is 13.7 Å². The van der Waals surface area contributed by atoms with Crippen LogP contribution in [0.3, 0.4) is 0 Å². The maximum atomic E-state index is 12.5. The van der Waals surface area contributed by atoms with Gasteiger partial charge in [0.2, 0.25) is 0 Å². The highest BCUT2D eigenvalue weighted by Gasteiger charge is 2.10. The van der Waals surface area contributed by atoms with Crippen molar-refractivity contribution in [2.45, 2.75) is 26.8 Å². The average molecular weight is 463 g/mol. The number of carbonyl (C=O) groups is 1. The van der Waals surface area contributed by atoms with Crippen molar-refractivity contribution in [3.05, 3.63) is 83.9 Å². The Kier molecular flexibility index (Phi) is 8.84. The molecule has 0 spiro atoms. The highest BCUT2D eigenvalue weighted by Crippen LogP contribution is 2.28. The summed E-state index contributed by atoms with van der Waals surface area (Å²) < 4.78 is 11.3. The highest BCUT2D eigenvalue weighted by molar-refractivity contribution is 7.80. The van der Waals surface area contributed by atoms with E-state index in [1.807, 2.05) is 60.7 Å². The molecule has 0 heterocycles. The van der Waals surface area contributed by atoms with E-state index in [1.54, 1.807) is 19.2 Å². The summed E-state index contributed by atoms with van der Waals surface area (Å²) >= 11 is 5.30. The Morgan fingerprint density at radius 2 is 1.64 bits per heavy atom. The largest absolute Gasteiger partial charge is 0.493 e. The summed E-state index contributed by atoms with van der Waals surface area (Å²) in [6, 6.07) is 23.2. The van der Waals surface area contributed by atoms with Gasteiger partial charge in [-0.2, -0.15) is 0 Å². The molecule has 172 valence electrons. The van der Waals surface area contributed by atoms with Crippen LogP contribution in [0.15, 0.2) is 72.8 Å². The van der Waals surface area contributed by atoms with Crippen molar-refractivity contribution < 1.29 is 14.3 Å². The molecule has 0 saturated heterocycles. The Hall–Kier alpha value is -3.38. The van der Waals surface area contributed by atoms with Crippen molar-refractivity contribution in [3.8, 4) is 22.6 Å². The van der Waals surface area contributed by atoms with Crippen LogP contribution in [0.1, 0.15) is 36.2 Å². The molecule has 3 rings (SSSR count). The minimum atomic E-state index is -0.251. The third-order valence-corrected chi connectivity index (χ3v) is 5.36. The second-order valence-corrected chi connectivity index (χ2v) is 8.50. The smallest absolute Gasteiger partial charge is 0.257 e. The number of rotatable bonds is 9. The molecule has 0 saturated carbocycles. The summed E-state index contributed by atoms with van der Waals surface area (Å²) in [4.78, 5) is 12.5. The predicted octanol–water partition coefficient (Wildman–Crippen LogP) is 5.59. The topological polar surface area (TPSA) is 59.6 Å². The molecule has 2 N–H and O–H groups in total. The van der Waals surface area contributed by atoms with Gasteiger partial charge in [0.25, 0.3) is 5.91 Å². The van der Waals surface area contributed by atoms with Gasteiger partial charge in [0.1, 0.15) is 0 Å². The molecule has 0 atom stereocenters. The Morgan fingerprint density at radius 1 is 0.939 bits per heavy atom. The third-order valence-electron chi connectivity index (χ3n) is 5.12. The van der Waals surface area contributed by atoms with Crippen molar-refractivity contribution in [2.75, 3.05) is 13.7 Å². The maximum Gasteiger partial charge on any atom is 0.257 e. The van der Waals surface area contributed by atoms with Crippen molar-refractivity contribution in [2.24, 2.45) is 5.92 Å². The highest BCUT2D eigenvalue weighted by atomic mass is 32.1. The molecule has 5 nitrogen and oxygen atoms in total. The summed E-state index contributed by atoms with van der Waals surface area (Å²) in [7, 11) is 1.62. The number of benzene rings is 3. The molecule has 0 radical (unpaired) electrons. The minimum absolute atomic E-state index is 0.251. The first-order valence-corrected chi connectivity index (χ1v) is 11.4. The van der Waals surface area contributed by atoms with Crippen LogP contribution in [-0.2, 0) is 6.54 Å². The van der Waals surface area contributed by atoms with E-state index in [0.29, 0.717) is 30.4 Å². The van der Waals surface area contributed by atoms with E-state index in [1.165, 1.54) is 0 Å². The number of methoxy groups -OCH3 is 1. The summed E-state index contributed by atoms with van der Waals surface area (Å²) in [5.41, 5.74) is 3.67. The zero-order valence-electron chi connectivity index (χ0n) is 19.3. The number of ether oxygens (including phenoxy) is 2. The third kappa shape index (κ3) is 7.32. The van der Waals surface area contributed by atoms with Crippen LogP contribution in [0.4, 0.5) is 0 Å². The van der Waals surface area contributed by atoms with Gasteiger partial charge in [-0.3, -0.25) is 10.1 Å². The molecule has 3 aromatic rings. The van der Waals surface area contributed by atoms with Crippen molar-refractivity contribution in [3.63, 3.8) is 0 Å². The summed E-state index contributed by atoms with van der Waals surface area (Å²) in [6.07, 6.45) is 0.982. The maximum absolute atomic E-state index is 12.5. The first kappa shape index (κ1) is 24.3. The van der Waals surface area contributed by atoms with Crippen LogP contribution >= 0.6 is 12.2 Å². The number of carbonyl (C=O) groups excluding carboxylic acids is 1. The number of nitrogens with one attached hydrogen (secondary N) is 2. The predicted molar refractivity (Wildman–Crippen MR) is 137 cm³/mol. The second-order valence-electron chi connectivity index (χ2n) is 8.10. The van der Waals surface area contributed by atoms with Gasteiger partial charge in [0, 0.05) is 12.1 Å².